The molecule has 0 saturated heterocycles. The summed E-state index contributed by atoms with van der Waals surface area (Å²) < 4.78 is 0. The highest BCUT2D eigenvalue weighted by atomic mass is 32.1. The van der Waals surface area contributed by atoms with Crippen molar-refractivity contribution in [3.05, 3.63) is 34.8 Å². The van der Waals surface area contributed by atoms with Gasteiger partial charge in [0.1, 0.15) is 5.01 Å². The molecule has 0 bridgehead atoms. The smallest absolute Gasteiger partial charge is 0.245 e. The van der Waals surface area contributed by atoms with Crippen molar-refractivity contribution < 1.29 is 4.79 Å². The lowest BCUT2D eigenvalue weighted by molar-refractivity contribution is -0.114. The van der Waals surface area contributed by atoms with Crippen molar-refractivity contribution in [1.82, 2.24) is 10.2 Å². The van der Waals surface area contributed by atoms with Crippen molar-refractivity contribution in [2.45, 2.75) is 26.7 Å². The van der Waals surface area contributed by atoms with Crippen LogP contribution in [0.15, 0.2) is 24.3 Å². The summed E-state index contributed by atoms with van der Waals surface area (Å²) in [5.41, 5.74) is 2.08. The minimum atomic E-state index is -0.118. The molecule has 0 aliphatic rings. The molecule has 0 aliphatic carbocycles. The van der Waals surface area contributed by atoms with Crippen LogP contribution < -0.4 is 10.6 Å². The van der Waals surface area contributed by atoms with Gasteiger partial charge in [-0.3, -0.25) is 10.1 Å². The van der Waals surface area contributed by atoms with Crippen LogP contribution in [-0.4, -0.2) is 22.6 Å². The number of para-hydroxylation sites is 1. The van der Waals surface area contributed by atoms with E-state index in [0.717, 1.165) is 29.1 Å². The van der Waals surface area contributed by atoms with Crippen LogP contribution in [0.3, 0.4) is 0 Å². The van der Waals surface area contributed by atoms with Gasteiger partial charge >= 0.3 is 0 Å². The van der Waals surface area contributed by atoms with Gasteiger partial charge in [-0.1, -0.05) is 36.5 Å². The lowest BCUT2D eigenvalue weighted by Gasteiger charge is -2.08. The molecule has 1 aromatic heterocycles. The molecule has 0 saturated carbocycles. The second kappa shape index (κ2) is 7.00. The molecule has 2 N–H and O–H groups in total. The maximum Gasteiger partial charge on any atom is 0.245 e. The molecule has 0 radical (unpaired) electrons. The van der Waals surface area contributed by atoms with Crippen molar-refractivity contribution in [2.24, 2.45) is 0 Å². The normalized spacial score (nSPS) is 10.3. The van der Waals surface area contributed by atoms with Gasteiger partial charge in [0, 0.05) is 12.1 Å². The Morgan fingerprint density at radius 1 is 1.30 bits per heavy atom. The summed E-state index contributed by atoms with van der Waals surface area (Å²) in [6.07, 6.45) is 1.92. The molecule has 1 heterocycles. The van der Waals surface area contributed by atoms with Crippen molar-refractivity contribution in [2.75, 3.05) is 17.2 Å². The average Bonchev–Trinajstić information content (AvgIpc) is 2.85. The van der Waals surface area contributed by atoms with E-state index in [9.17, 15) is 4.79 Å². The van der Waals surface area contributed by atoms with Crippen LogP contribution in [0.5, 0.6) is 0 Å². The van der Waals surface area contributed by atoms with Gasteiger partial charge in [-0.05, 0) is 25.0 Å². The van der Waals surface area contributed by atoms with Crippen LogP contribution >= 0.6 is 11.3 Å². The Morgan fingerprint density at radius 3 is 2.85 bits per heavy atom. The molecule has 20 heavy (non-hydrogen) atoms. The zero-order valence-corrected chi connectivity index (χ0v) is 12.5. The van der Waals surface area contributed by atoms with Crippen molar-refractivity contribution >= 4 is 28.1 Å². The summed E-state index contributed by atoms with van der Waals surface area (Å²) in [7, 11) is 0. The Morgan fingerprint density at radius 2 is 2.10 bits per heavy atom. The van der Waals surface area contributed by atoms with E-state index >= 15 is 0 Å². The molecule has 0 unspecified atom stereocenters. The quantitative estimate of drug-likeness (QED) is 0.858. The Hall–Kier alpha value is -1.95. The zero-order valence-electron chi connectivity index (χ0n) is 11.6. The minimum Gasteiger partial charge on any atom is -0.376 e. The lowest BCUT2D eigenvalue weighted by atomic mass is 10.2. The van der Waals surface area contributed by atoms with E-state index < -0.39 is 0 Å². The minimum absolute atomic E-state index is 0.118. The molecule has 2 aromatic rings. The van der Waals surface area contributed by atoms with Gasteiger partial charge in [0.2, 0.25) is 11.0 Å². The molecule has 1 aromatic carbocycles. The molecule has 0 fully saturated rings. The Bertz CT molecular complexity index is 582. The number of benzene rings is 1. The number of carbonyl (C=O) groups excluding carboxylic acids is 1. The number of amides is 1. The van der Waals surface area contributed by atoms with E-state index in [4.69, 9.17) is 0 Å². The van der Waals surface area contributed by atoms with Crippen LogP contribution in [0.1, 0.15) is 23.9 Å². The highest BCUT2D eigenvalue weighted by Crippen LogP contribution is 2.16. The fourth-order valence-corrected chi connectivity index (χ4v) is 2.59. The highest BCUT2D eigenvalue weighted by molar-refractivity contribution is 7.15. The van der Waals surface area contributed by atoms with E-state index in [1.54, 1.807) is 0 Å². The second-order valence-electron chi connectivity index (χ2n) is 4.47. The van der Waals surface area contributed by atoms with E-state index in [1.165, 1.54) is 11.3 Å². The van der Waals surface area contributed by atoms with E-state index in [1.807, 2.05) is 31.2 Å². The Kier molecular flexibility index (Phi) is 5.06. The predicted molar refractivity (Wildman–Crippen MR) is 82.2 cm³/mol. The molecule has 5 nitrogen and oxygen atoms in total. The first-order valence-electron chi connectivity index (χ1n) is 6.60. The SMILES string of the molecule is CCCc1nnc(NC(=O)CNc2ccccc2C)s1. The first-order valence-corrected chi connectivity index (χ1v) is 7.42. The standard InChI is InChI=1S/C14H18N4OS/c1-3-6-13-17-18-14(20-13)16-12(19)9-15-11-8-5-4-7-10(11)2/h4-5,7-8,15H,3,6,9H2,1-2H3,(H,16,18,19). The molecule has 0 aliphatic heterocycles. The summed E-state index contributed by atoms with van der Waals surface area (Å²) in [5, 5.41) is 15.4. The maximum absolute atomic E-state index is 11.8. The number of aromatic nitrogens is 2. The second-order valence-corrected chi connectivity index (χ2v) is 5.53. The predicted octanol–water partition coefficient (Wildman–Crippen LogP) is 2.85. The maximum atomic E-state index is 11.8. The average molecular weight is 290 g/mol. The third-order valence-electron chi connectivity index (χ3n) is 2.76. The molecular formula is C14H18N4OS. The largest absolute Gasteiger partial charge is 0.376 e. The highest BCUT2D eigenvalue weighted by Gasteiger charge is 2.08. The summed E-state index contributed by atoms with van der Waals surface area (Å²) in [6.45, 7) is 4.31. The van der Waals surface area contributed by atoms with E-state index in [0.29, 0.717) is 5.13 Å². The number of nitrogens with zero attached hydrogens (tertiary/aromatic N) is 2. The zero-order chi connectivity index (χ0) is 14.4. The summed E-state index contributed by atoms with van der Waals surface area (Å²) in [4.78, 5) is 11.8. The molecular weight excluding hydrogens is 272 g/mol. The van der Waals surface area contributed by atoms with Gasteiger partial charge in [-0.2, -0.15) is 0 Å². The topological polar surface area (TPSA) is 66.9 Å². The van der Waals surface area contributed by atoms with Crippen molar-refractivity contribution in [3.8, 4) is 0 Å². The Balaban J connectivity index is 1.84. The first kappa shape index (κ1) is 14.5. The number of hydrogen-bond donors (Lipinski definition) is 2. The Labute approximate surface area is 122 Å². The number of anilines is 2. The lowest BCUT2D eigenvalue weighted by Crippen LogP contribution is -2.21. The molecule has 106 valence electrons. The van der Waals surface area contributed by atoms with Crippen LogP contribution in [0.25, 0.3) is 0 Å². The van der Waals surface area contributed by atoms with Crippen LogP contribution in [-0.2, 0) is 11.2 Å². The number of hydrogen-bond acceptors (Lipinski definition) is 5. The summed E-state index contributed by atoms with van der Waals surface area (Å²) >= 11 is 1.43. The molecule has 1 amide bonds. The monoisotopic (exact) mass is 290 g/mol. The van der Waals surface area contributed by atoms with E-state index in [2.05, 4.69) is 27.8 Å². The van der Waals surface area contributed by atoms with Gasteiger partial charge in [-0.15, -0.1) is 10.2 Å². The fraction of sp³-hybridized carbons (Fsp3) is 0.357. The van der Waals surface area contributed by atoms with Crippen LogP contribution in [0.4, 0.5) is 10.8 Å². The van der Waals surface area contributed by atoms with Gasteiger partial charge < -0.3 is 5.32 Å². The van der Waals surface area contributed by atoms with Crippen LogP contribution in [0.2, 0.25) is 0 Å². The molecule has 0 atom stereocenters. The van der Waals surface area contributed by atoms with Crippen LogP contribution in [0, 0.1) is 6.92 Å². The van der Waals surface area contributed by atoms with Crippen molar-refractivity contribution in [1.29, 1.82) is 0 Å². The van der Waals surface area contributed by atoms with E-state index in [-0.39, 0.29) is 12.5 Å². The number of nitrogens with one attached hydrogen (secondary N) is 2. The molecule has 2 rings (SSSR count). The number of rotatable bonds is 6. The fourth-order valence-electron chi connectivity index (χ4n) is 1.73. The third kappa shape index (κ3) is 4.03. The summed E-state index contributed by atoms with van der Waals surface area (Å²) in [6, 6.07) is 7.86. The molecule has 0 spiro atoms. The summed E-state index contributed by atoms with van der Waals surface area (Å²) in [5.74, 6) is -0.118. The molecule has 6 heteroatoms. The van der Waals surface area contributed by atoms with Crippen molar-refractivity contribution in [3.63, 3.8) is 0 Å². The van der Waals surface area contributed by atoms with Gasteiger partial charge in [0.15, 0.2) is 0 Å². The van der Waals surface area contributed by atoms with Gasteiger partial charge in [0.25, 0.3) is 0 Å². The first-order chi connectivity index (χ1) is 9.69. The van der Waals surface area contributed by atoms with Gasteiger partial charge in [-0.25, -0.2) is 0 Å². The van der Waals surface area contributed by atoms with Gasteiger partial charge in [0.05, 0.1) is 6.54 Å². The number of carbonyl (C=O) groups is 1. The number of aryl methyl sites for hydroxylation is 2. The third-order valence-corrected chi connectivity index (χ3v) is 3.66.